The molecule has 0 amide bonds. The quantitative estimate of drug-likeness (QED) is 0.499. The molecular weight excluding hydrogens is 372 g/mol. The zero-order valence-electron chi connectivity index (χ0n) is 15.3. The molecule has 0 radical (unpaired) electrons. The molecule has 0 atom stereocenters. The molecule has 6 heteroatoms. The van der Waals surface area contributed by atoms with E-state index in [1.807, 2.05) is 42.5 Å². The molecule has 5 nitrogen and oxygen atoms in total. The normalized spacial score (nSPS) is 14.6. The molecule has 1 fully saturated rings. The number of aromatic nitrogens is 2. The van der Waals surface area contributed by atoms with E-state index in [0.29, 0.717) is 11.6 Å². The molecule has 5 rings (SSSR count). The Kier molecular flexibility index (Phi) is 4.37. The summed E-state index contributed by atoms with van der Waals surface area (Å²) in [6, 6.07) is 19.9. The minimum absolute atomic E-state index is 0.624. The van der Waals surface area contributed by atoms with Crippen molar-refractivity contribution in [3.63, 3.8) is 0 Å². The summed E-state index contributed by atoms with van der Waals surface area (Å²) in [5.74, 6) is 2.28. The van der Waals surface area contributed by atoms with Gasteiger partial charge in [-0.05, 0) is 48.5 Å². The Morgan fingerprint density at radius 2 is 1.54 bits per heavy atom. The van der Waals surface area contributed by atoms with Crippen LogP contribution >= 0.6 is 11.6 Å². The number of para-hydroxylation sites is 1. The summed E-state index contributed by atoms with van der Waals surface area (Å²) in [7, 11) is 0. The van der Waals surface area contributed by atoms with E-state index in [2.05, 4.69) is 33.0 Å². The van der Waals surface area contributed by atoms with Gasteiger partial charge in [-0.2, -0.15) is 0 Å². The molecular formula is C22H19ClN4O. The summed E-state index contributed by atoms with van der Waals surface area (Å²) in [5, 5.41) is 1.83. The van der Waals surface area contributed by atoms with E-state index in [-0.39, 0.29) is 0 Å². The lowest BCUT2D eigenvalue weighted by Crippen LogP contribution is -2.47. The van der Waals surface area contributed by atoms with Gasteiger partial charge in [-0.1, -0.05) is 23.7 Å². The maximum atomic E-state index is 6.02. The van der Waals surface area contributed by atoms with Gasteiger partial charge in [0.05, 0.1) is 11.8 Å². The van der Waals surface area contributed by atoms with Crippen LogP contribution in [0.1, 0.15) is 0 Å². The Bertz CT molecular complexity index is 1090. The van der Waals surface area contributed by atoms with Crippen molar-refractivity contribution in [2.45, 2.75) is 0 Å². The largest absolute Gasteiger partial charge is 0.461 e. The molecule has 4 aromatic rings. The van der Waals surface area contributed by atoms with Gasteiger partial charge in [0, 0.05) is 42.3 Å². The van der Waals surface area contributed by atoms with E-state index in [0.717, 1.165) is 47.9 Å². The van der Waals surface area contributed by atoms with E-state index >= 15 is 0 Å². The number of halogens is 1. The zero-order valence-corrected chi connectivity index (χ0v) is 16.0. The van der Waals surface area contributed by atoms with Gasteiger partial charge in [0.1, 0.15) is 5.82 Å². The van der Waals surface area contributed by atoms with Crippen molar-refractivity contribution < 1.29 is 4.42 Å². The lowest BCUT2D eigenvalue weighted by Gasteiger charge is -2.37. The third-order valence-electron chi connectivity index (χ3n) is 5.10. The minimum Gasteiger partial charge on any atom is -0.461 e. The highest BCUT2D eigenvalue weighted by molar-refractivity contribution is 6.30. The SMILES string of the molecule is Clc1ccc(N2CCN(c3nc(-c4ccco4)nc4ccccc34)CC2)cc1. The average Bonchev–Trinajstić information content (AvgIpc) is 3.29. The number of rotatable bonds is 3. The van der Waals surface area contributed by atoms with Crippen molar-refractivity contribution in [2.75, 3.05) is 36.0 Å². The zero-order chi connectivity index (χ0) is 18.9. The van der Waals surface area contributed by atoms with Crippen LogP contribution in [0, 0.1) is 0 Å². The smallest absolute Gasteiger partial charge is 0.198 e. The van der Waals surface area contributed by atoms with Crippen molar-refractivity contribution in [2.24, 2.45) is 0 Å². The number of furan rings is 1. The standard InChI is InChI=1S/C22H19ClN4O/c23-16-7-9-17(10-8-16)26-11-13-27(14-12-26)22-18-4-1-2-5-19(18)24-21(25-22)20-6-3-15-28-20/h1-10,15H,11-14H2. The lowest BCUT2D eigenvalue weighted by molar-refractivity contribution is 0.577. The first kappa shape index (κ1) is 17.1. The van der Waals surface area contributed by atoms with Crippen molar-refractivity contribution in [3.05, 3.63) is 71.9 Å². The third-order valence-corrected chi connectivity index (χ3v) is 5.35. The summed E-state index contributed by atoms with van der Waals surface area (Å²) < 4.78 is 5.53. The van der Waals surface area contributed by atoms with Gasteiger partial charge in [0.2, 0.25) is 0 Å². The van der Waals surface area contributed by atoms with Crippen LogP contribution in [0.15, 0.2) is 71.3 Å². The van der Waals surface area contributed by atoms with Crippen molar-refractivity contribution in [3.8, 4) is 11.6 Å². The van der Waals surface area contributed by atoms with Gasteiger partial charge in [0.25, 0.3) is 0 Å². The van der Waals surface area contributed by atoms with Gasteiger partial charge < -0.3 is 14.2 Å². The van der Waals surface area contributed by atoms with Crippen LogP contribution in [0.3, 0.4) is 0 Å². The number of piperazine rings is 1. The first-order valence-electron chi connectivity index (χ1n) is 9.34. The average molecular weight is 391 g/mol. The second-order valence-corrected chi connectivity index (χ2v) is 7.25. The highest BCUT2D eigenvalue weighted by Crippen LogP contribution is 2.29. The van der Waals surface area contributed by atoms with Gasteiger partial charge in [-0.25, -0.2) is 9.97 Å². The highest BCUT2D eigenvalue weighted by atomic mass is 35.5. The number of benzene rings is 2. The first-order valence-corrected chi connectivity index (χ1v) is 9.72. The third kappa shape index (κ3) is 3.18. The number of hydrogen-bond donors (Lipinski definition) is 0. The Balaban J connectivity index is 1.45. The van der Waals surface area contributed by atoms with Crippen molar-refractivity contribution in [1.29, 1.82) is 0 Å². The summed E-state index contributed by atoms with van der Waals surface area (Å²) in [4.78, 5) is 14.3. The minimum atomic E-state index is 0.624. The maximum Gasteiger partial charge on any atom is 0.198 e. The molecule has 3 heterocycles. The topological polar surface area (TPSA) is 45.4 Å². The van der Waals surface area contributed by atoms with Crippen molar-refractivity contribution >= 4 is 34.0 Å². The Labute approximate surface area is 168 Å². The van der Waals surface area contributed by atoms with Gasteiger partial charge in [-0.15, -0.1) is 0 Å². The van der Waals surface area contributed by atoms with Crippen LogP contribution in [0.2, 0.25) is 5.02 Å². The molecule has 1 aliphatic heterocycles. The predicted molar refractivity (Wildman–Crippen MR) is 113 cm³/mol. The molecule has 28 heavy (non-hydrogen) atoms. The summed E-state index contributed by atoms with van der Waals surface area (Å²) in [6.07, 6.45) is 1.65. The highest BCUT2D eigenvalue weighted by Gasteiger charge is 2.21. The van der Waals surface area contributed by atoms with Gasteiger partial charge in [0.15, 0.2) is 11.6 Å². The van der Waals surface area contributed by atoms with Gasteiger partial charge >= 0.3 is 0 Å². The number of fused-ring (bicyclic) bond motifs is 1. The van der Waals surface area contributed by atoms with Gasteiger partial charge in [-0.3, -0.25) is 0 Å². The first-order chi connectivity index (χ1) is 13.8. The maximum absolute atomic E-state index is 6.02. The second-order valence-electron chi connectivity index (χ2n) is 6.82. The van der Waals surface area contributed by atoms with Crippen LogP contribution in [0.5, 0.6) is 0 Å². The van der Waals surface area contributed by atoms with Crippen LogP contribution < -0.4 is 9.80 Å². The predicted octanol–water partition coefficient (Wildman–Crippen LogP) is 4.87. The summed E-state index contributed by atoms with van der Waals surface area (Å²) in [6.45, 7) is 3.63. The van der Waals surface area contributed by atoms with Crippen LogP contribution in [-0.2, 0) is 0 Å². The fraction of sp³-hybridized carbons (Fsp3) is 0.182. The summed E-state index contributed by atoms with van der Waals surface area (Å²) >= 11 is 6.02. The lowest BCUT2D eigenvalue weighted by atomic mass is 10.2. The summed E-state index contributed by atoms with van der Waals surface area (Å²) in [5.41, 5.74) is 2.13. The number of nitrogens with zero attached hydrogens (tertiary/aromatic N) is 4. The van der Waals surface area contributed by atoms with Crippen LogP contribution in [0.25, 0.3) is 22.5 Å². The molecule has 0 unspecified atom stereocenters. The fourth-order valence-electron chi connectivity index (χ4n) is 3.65. The molecule has 0 aliphatic carbocycles. The monoisotopic (exact) mass is 390 g/mol. The molecule has 140 valence electrons. The van der Waals surface area contributed by atoms with Crippen molar-refractivity contribution in [1.82, 2.24) is 9.97 Å². The number of hydrogen-bond acceptors (Lipinski definition) is 5. The molecule has 0 bridgehead atoms. The molecule has 0 saturated carbocycles. The molecule has 0 N–H and O–H groups in total. The van der Waals surface area contributed by atoms with E-state index < -0.39 is 0 Å². The Hall–Kier alpha value is -3.05. The van der Waals surface area contributed by atoms with E-state index in [1.54, 1.807) is 6.26 Å². The number of anilines is 2. The fourth-order valence-corrected chi connectivity index (χ4v) is 3.77. The molecule has 0 spiro atoms. The second kappa shape index (κ2) is 7.17. The van der Waals surface area contributed by atoms with E-state index in [4.69, 9.17) is 21.0 Å². The molecule has 2 aromatic carbocycles. The molecule has 2 aromatic heterocycles. The van der Waals surface area contributed by atoms with Crippen LogP contribution in [-0.4, -0.2) is 36.1 Å². The van der Waals surface area contributed by atoms with Crippen LogP contribution in [0.4, 0.5) is 11.5 Å². The Morgan fingerprint density at radius 1 is 0.786 bits per heavy atom. The van der Waals surface area contributed by atoms with E-state index in [1.165, 1.54) is 5.69 Å². The molecule has 1 aliphatic rings. The molecule has 1 saturated heterocycles. The van der Waals surface area contributed by atoms with E-state index in [9.17, 15) is 0 Å². The Morgan fingerprint density at radius 3 is 2.29 bits per heavy atom.